The first-order chi connectivity index (χ1) is 15.0. The molecule has 160 valence electrons. The van der Waals surface area contributed by atoms with Crippen molar-refractivity contribution in [2.45, 2.75) is 31.7 Å². The van der Waals surface area contributed by atoms with Gasteiger partial charge in [-0.2, -0.15) is 5.10 Å². The molecule has 1 aromatic carbocycles. The molecular weight excluding hydrogens is 396 g/mol. The van der Waals surface area contributed by atoms with E-state index in [1.807, 2.05) is 18.7 Å². The molecule has 0 unspecified atom stereocenters. The second-order valence-electron chi connectivity index (χ2n) is 8.02. The molecule has 3 heterocycles. The Morgan fingerprint density at radius 2 is 2.23 bits per heavy atom. The average Bonchev–Trinajstić information content (AvgIpc) is 3.46. The maximum atomic E-state index is 12.2. The van der Waals surface area contributed by atoms with Crippen LogP contribution < -0.4 is 10.1 Å². The van der Waals surface area contributed by atoms with Crippen LogP contribution in [0.15, 0.2) is 30.6 Å². The van der Waals surface area contributed by atoms with E-state index in [2.05, 4.69) is 33.5 Å². The van der Waals surface area contributed by atoms with Crippen LogP contribution in [0, 0.1) is 0 Å². The summed E-state index contributed by atoms with van der Waals surface area (Å²) in [5, 5.41) is 8.45. The number of nitrogens with zero attached hydrogens (tertiary/aromatic N) is 4. The number of carbonyl (C=O) groups is 1. The minimum Gasteiger partial charge on any atom is -0.406 e. The van der Waals surface area contributed by atoms with Crippen LogP contribution in [0.2, 0.25) is 0 Å². The maximum absolute atomic E-state index is 12.2. The molecule has 1 fully saturated rings. The molecule has 0 bridgehead atoms. The first-order valence-electron chi connectivity index (χ1n) is 10.3. The lowest BCUT2D eigenvalue weighted by Gasteiger charge is -2.12. The Balaban J connectivity index is 1.49. The summed E-state index contributed by atoms with van der Waals surface area (Å²) in [7, 11) is 3.50. The number of hydrogen-bond acceptors (Lipinski definition) is 6. The molecule has 2 N–H and O–H groups in total. The lowest BCUT2D eigenvalue weighted by molar-refractivity contribution is 0.159. The van der Waals surface area contributed by atoms with Gasteiger partial charge < -0.3 is 19.8 Å². The van der Waals surface area contributed by atoms with Crippen LogP contribution >= 0.6 is 0 Å². The zero-order chi connectivity index (χ0) is 21.5. The van der Waals surface area contributed by atoms with Crippen molar-refractivity contribution in [3.8, 4) is 17.1 Å². The van der Waals surface area contributed by atoms with Crippen LogP contribution in [0.4, 0.5) is 4.79 Å². The van der Waals surface area contributed by atoms with Gasteiger partial charge in [-0.25, -0.2) is 14.8 Å². The largest absolute Gasteiger partial charge is 0.413 e. The molecule has 1 aliphatic carbocycles. The lowest BCUT2D eigenvalue weighted by Crippen LogP contribution is -2.37. The highest BCUT2D eigenvalue weighted by Crippen LogP contribution is 2.42. The predicted molar refractivity (Wildman–Crippen MR) is 116 cm³/mol. The monoisotopic (exact) mass is 420 g/mol. The van der Waals surface area contributed by atoms with Crippen LogP contribution in [0.5, 0.6) is 5.75 Å². The standard InChI is InChI=1S/C22H24N6O3/c1-12(11-30-3)25-22(29)31-18-10-24-21-20(18)26-16(9-23-21)19-15-8-14(13-4-5-13)6-7-17(15)28(2)27-19/h6-10,12-13H,4-5,11H2,1-3H3,(H,23,24)(H,25,29)/t12-/m0/s1. The Hall–Kier alpha value is -3.46. The number of aromatic nitrogens is 5. The highest BCUT2D eigenvalue weighted by atomic mass is 16.6. The van der Waals surface area contributed by atoms with E-state index < -0.39 is 6.09 Å². The molecule has 1 amide bonds. The van der Waals surface area contributed by atoms with Gasteiger partial charge in [0.05, 0.1) is 24.4 Å². The number of aromatic amines is 1. The van der Waals surface area contributed by atoms with E-state index in [4.69, 9.17) is 19.6 Å². The number of H-pyrrole nitrogens is 1. The molecule has 1 atom stereocenters. The fourth-order valence-electron chi connectivity index (χ4n) is 3.83. The molecule has 9 heteroatoms. The number of benzene rings is 1. The summed E-state index contributed by atoms with van der Waals surface area (Å²) in [6.07, 6.45) is 5.17. The van der Waals surface area contributed by atoms with Crippen molar-refractivity contribution in [1.82, 2.24) is 30.0 Å². The molecule has 4 aromatic rings. The molecule has 0 saturated heterocycles. The molecule has 5 rings (SSSR count). The van der Waals surface area contributed by atoms with E-state index in [0.717, 1.165) is 16.6 Å². The van der Waals surface area contributed by atoms with E-state index in [1.165, 1.54) is 18.4 Å². The second-order valence-corrected chi connectivity index (χ2v) is 8.02. The van der Waals surface area contributed by atoms with Crippen molar-refractivity contribution in [2.24, 2.45) is 7.05 Å². The molecule has 0 aliphatic heterocycles. The molecule has 1 saturated carbocycles. The SMILES string of the molecule is COC[C@H](C)NC(=O)Oc1c[nH]c2ncc(-c3nn(C)c4ccc(C5CC5)cc34)nc12. The van der Waals surface area contributed by atoms with Crippen LogP contribution in [-0.2, 0) is 11.8 Å². The van der Waals surface area contributed by atoms with Gasteiger partial charge in [-0.15, -0.1) is 0 Å². The van der Waals surface area contributed by atoms with Gasteiger partial charge >= 0.3 is 6.09 Å². The van der Waals surface area contributed by atoms with E-state index in [-0.39, 0.29) is 6.04 Å². The number of ether oxygens (including phenoxy) is 2. The van der Waals surface area contributed by atoms with Crippen molar-refractivity contribution in [2.75, 3.05) is 13.7 Å². The van der Waals surface area contributed by atoms with Gasteiger partial charge in [-0.05, 0) is 43.4 Å². The zero-order valence-electron chi connectivity index (χ0n) is 17.7. The maximum Gasteiger partial charge on any atom is 0.413 e. The van der Waals surface area contributed by atoms with Crippen LogP contribution in [0.25, 0.3) is 33.5 Å². The Bertz CT molecular complexity index is 1270. The fourth-order valence-corrected chi connectivity index (χ4v) is 3.83. The number of nitrogens with one attached hydrogen (secondary N) is 2. The second kappa shape index (κ2) is 7.66. The Morgan fingerprint density at radius 3 is 3.00 bits per heavy atom. The van der Waals surface area contributed by atoms with Gasteiger partial charge in [0.1, 0.15) is 11.4 Å². The minimum absolute atomic E-state index is 0.176. The van der Waals surface area contributed by atoms with E-state index in [0.29, 0.717) is 35.1 Å². The van der Waals surface area contributed by atoms with Gasteiger partial charge in [0, 0.05) is 25.7 Å². The van der Waals surface area contributed by atoms with E-state index >= 15 is 0 Å². The smallest absolute Gasteiger partial charge is 0.406 e. The van der Waals surface area contributed by atoms with Crippen LogP contribution in [0.3, 0.4) is 0 Å². The van der Waals surface area contributed by atoms with Gasteiger partial charge in [0.25, 0.3) is 0 Å². The summed E-state index contributed by atoms with van der Waals surface area (Å²) in [5.41, 5.74) is 4.78. The summed E-state index contributed by atoms with van der Waals surface area (Å²) >= 11 is 0. The van der Waals surface area contributed by atoms with Gasteiger partial charge in [-0.3, -0.25) is 4.68 Å². The van der Waals surface area contributed by atoms with Crippen molar-refractivity contribution >= 4 is 28.2 Å². The topological polar surface area (TPSA) is 107 Å². The lowest BCUT2D eigenvalue weighted by atomic mass is 10.1. The minimum atomic E-state index is -0.574. The molecule has 31 heavy (non-hydrogen) atoms. The zero-order valence-corrected chi connectivity index (χ0v) is 17.7. The summed E-state index contributed by atoms with van der Waals surface area (Å²) in [6, 6.07) is 6.33. The molecule has 0 radical (unpaired) electrons. The predicted octanol–water partition coefficient (Wildman–Crippen LogP) is 3.51. The van der Waals surface area contributed by atoms with Crippen molar-refractivity contribution in [3.63, 3.8) is 0 Å². The number of fused-ring (bicyclic) bond motifs is 2. The Morgan fingerprint density at radius 1 is 1.39 bits per heavy atom. The third kappa shape index (κ3) is 3.72. The highest BCUT2D eigenvalue weighted by molar-refractivity contribution is 5.94. The Kier molecular flexibility index (Phi) is 4.82. The number of rotatable bonds is 6. The third-order valence-electron chi connectivity index (χ3n) is 5.50. The van der Waals surface area contributed by atoms with Crippen molar-refractivity contribution in [1.29, 1.82) is 0 Å². The molecule has 0 spiro atoms. The summed E-state index contributed by atoms with van der Waals surface area (Å²) < 4.78 is 12.3. The summed E-state index contributed by atoms with van der Waals surface area (Å²) in [6.45, 7) is 2.22. The number of hydrogen-bond donors (Lipinski definition) is 2. The molecule has 1 aliphatic rings. The average molecular weight is 420 g/mol. The normalized spacial score (nSPS) is 14.8. The fraction of sp³-hybridized carbons (Fsp3) is 0.364. The quantitative estimate of drug-likeness (QED) is 0.494. The van der Waals surface area contributed by atoms with E-state index in [9.17, 15) is 4.79 Å². The van der Waals surface area contributed by atoms with Crippen molar-refractivity contribution < 1.29 is 14.3 Å². The van der Waals surface area contributed by atoms with Crippen LogP contribution in [0.1, 0.15) is 31.2 Å². The van der Waals surface area contributed by atoms with Crippen molar-refractivity contribution in [3.05, 3.63) is 36.2 Å². The van der Waals surface area contributed by atoms with Crippen LogP contribution in [-0.4, -0.2) is 50.6 Å². The molecular formula is C22H24N6O3. The Labute approximate surface area is 178 Å². The molecule has 9 nitrogen and oxygen atoms in total. The summed E-state index contributed by atoms with van der Waals surface area (Å²) in [5.74, 6) is 0.958. The highest BCUT2D eigenvalue weighted by Gasteiger charge is 2.25. The number of amides is 1. The first-order valence-corrected chi connectivity index (χ1v) is 10.3. The van der Waals surface area contributed by atoms with Gasteiger partial charge in [0.15, 0.2) is 16.9 Å². The number of carbonyl (C=O) groups excluding carboxylic acids is 1. The third-order valence-corrected chi connectivity index (χ3v) is 5.50. The first kappa shape index (κ1) is 19.5. The van der Waals surface area contributed by atoms with E-state index in [1.54, 1.807) is 19.5 Å². The molecule has 3 aromatic heterocycles. The summed E-state index contributed by atoms with van der Waals surface area (Å²) in [4.78, 5) is 24.4. The number of methoxy groups -OCH3 is 1. The number of aryl methyl sites for hydroxylation is 1. The van der Waals surface area contributed by atoms with Gasteiger partial charge in [-0.1, -0.05) is 6.07 Å². The van der Waals surface area contributed by atoms with Gasteiger partial charge in [0.2, 0.25) is 0 Å².